The standard InChI is InChI=1S/C16H20FN3O/c1-16(15(19)21)6-8-20(11-16)10-13-5-4-12(3-2-7-18)9-14(13)17/h4-5,9H,6-8,10-11,18H2,1H3,(H2,19,21). The highest BCUT2D eigenvalue weighted by Gasteiger charge is 2.38. The zero-order valence-corrected chi connectivity index (χ0v) is 12.2. The van der Waals surface area contributed by atoms with Gasteiger partial charge in [0.05, 0.1) is 12.0 Å². The van der Waals surface area contributed by atoms with Gasteiger partial charge in [-0.2, -0.15) is 0 Å². The van der Waals surface area contributed by atoms with Gasteiger partial charge in [0, 0.05) is 24.2 Å². The lowest BCUT2D eigenvalue weighted by Crippen LogP contribution is -2.37. The van der Waals surface area contributed by atoms with Gasteiger partial charge in [-0.1, -0.05) is 17.9 Å². The Balaban J connectivity index is 2.06. The highest BCUT2D eigenvalue weighted by atomic mass is 19.1. The van der Waals surface area contributed by atoms with Crippen LogP contribution in [0.3, 0.4) is 0 Å². The van der Waals surface area contributed by atoms with Crippen molar-refractivity contribution in [3.05, 3.63) is 35.1 Å². The maximum absolute atomic E-state index is 14.1. The SMILES string of the molecule is CC1(C(N)=O)CCN(Cc2ccc(C#CCN)cc2F)C1. The summed E-state index contributed by atoms with van der Waals surface area (Å²) in [6.45, 7) is 3.89. The molecular formula is C16H20FN3O. The van der Waals surface area contributed by atoms with E-state index < -0.39 is 5.41 Å². The average Bonchev–Trinajstić information content (AvgIpc) is 2.82. The van der Waals surface area contributed by atoms with Crippen molar-refractivity contribution in [2.75, 3.05) is 19.6 Å². The van der Waals surface area contributed by atoms with Crippen LogP contribution in [0.1, 0.15) is 24.5 Å². The summed E-state index contributed by atoms with van der Waals surface area (Å²) < 4.78 is 14.1. The molecule has 1 amide bonds. The molecule has 0 radical (unpaired) electrons. The predicted octanol–water partition coefficient (Wildman–Crippen LogP) is 0.833. The molecule has 112 valence electrons. The van der Waals surface area contributed by atoms with Crippen molar-refractivity contribution < 1.29 is 9.18 Å². The van der Waals surface area contributed by atoms with Crippen LogP contribution in [-0.4, -0.2) is 30.4 Å². The highest BCUT2D eigenvalue weighted by Crippen LogP contribution is 2.30. The second-order valence-corrected chi connectivity index (χ2v) is 5.70. The minimum atomic E-state index is -0.511. The molecule has 2 rings (SSSR count). The van der Waals surface area contributed by atoms with Crippen molar-refractivity contribution in [2.45, 2.75) is 19.9 Å². The number of hydrogen-bond donors (Lipinski definition) is 2. The summed E-state index contributed by atoms with van der Waals surface area (Å²) in [7, 11) is 0. The van der Waals surface area contributed by atoms with E-state index in [9.17, 15) is 9.18 Å². The van der Waals surface area contributed by atoms with Crippen molar-refractivity contribution in [2.24, 2.45) is 16.9 Å². The number of halogens is 1. The van der Waals surface area contributed by atoms with E-state index in [1.165, 1.54) is 6.07 Å². The summed E-state index contributed by atoms with van der Waals surface area (Å²) in [5.41, 5.74) is 11.4. The molecule has 0 saturated carbocycles. The number of rotatable bonds is 3. The molecule has 0 bridgehead atoms. The second-order valence-electron chi connectivity index (χ2n) is 5.70. The van der Waals surface area contributed by atoms with Crippen LogP contribution in [0.4, 0.5) is 4.39 Å². The first-order chi connectivity index (χ1) is 9.94. The van der Waals surface area contributed by atoms with Crippen LogP contribution < -0.4 is 11.5 Å². The van der Waals surface area contributed by atoms with Gasteiger partial charge in [0.1, 0.15) is 5.82 Å². The minimum Gasteiger partial charge on any atom is -0.369 e. The van der Waals surface area contributed by atoms with Gasteiger partial charge >= 0.3 is 0 Å². The molecule has 21 heavy (non-hydrogen) atoms. The van der Waals surface area contributed by atoms with E-state index in [1.807, 2.05) is 6.92 Å². The third-order valence-electron chi connectivity index (χ3n) is 3.93. The van der Waals surface area contributed by atoms with E-state index in [0.29, 0.717) is 30.6 Å². The van der Waals surface area contributed by atoms with E-state index in [-0.39, 0.29) is 18.3 Å². The minimum absolute atomic E-state index is 0.253. The Morgan fingerprint density at radius 2 is 2.29 bits per heavy atom. The van der Waals surface area contributed by atoms with Crippen molar-refractivity contribution in [3.8, 4) is 11.8 Å². The molecule has 1 aromatic rings. The summed E-state index contributed by atoms with van der Waals surface area (Å²) in [5, 5.41) is 0. The molecule has 1 aliphatic heterocycles. The van der Waals surface area contributed by atoms with Gasteiger partial charge in [-0.05, 0) is 32.0 Å². The molecule has 1 fully saturated rings. The Bertz CT molecular complexity index is 605. The maximum atomic E-state index is 14.1. The van der Waals surface area contributed by atoms with Gasteiger partial charge < -0.3 is 11.5 Å². The van der Waals surface area contributed by atoms with Gasteiger partial charge in [-0.25, -0.2) is 4.39 Å². The summed E-state index contributed by atoms with van der Waals surface area (Å²) in [5.74, 6) is 4.92. The van der Waals surface area contributed by atoms with Crippen LogP contribution >= 0.6 is 0 Å². The molecule has 1 saturated heterocycles. The van der Waals surface area contributed by atoms with Crippen molar-refractivity contribution >= 4 is 5.91 Å². The number of carbonyl (C=O) groups excluding carboxylic acids is 1. The Morgan fingerprint density at radius 1 is 1.52 bits per heavy atom. The van der Waals surface area contributed by atoms with Crippen LogP contribution in [0.2, 0.25) is 0 Å². The van der Waals surface area contributed by atoms with E-state index in [1.54, 1.807) is 12.1 Å². The molecule has 4 N–H and O–H groups in total. The first kappa shape index (κ1) is 15.5. The van der Waals surface area contributed by atoms with Crippen molar-refractivity contribution in [1.82, 2.24) is 4.90 Å². The first-order valence-electron chi connectivity index (χ1n) is 6.94. The van der Waals surface area contributed by atoms with Crippen LogP contribution in [0.15, 0.2) is 18.2 Å². The fraction of sp³-hybridized carbons (Fsp3) is 0.438. The molecule has 0 spiro atoms. The normalized spacial score (nSPS) is 21.9. The first-order valence-corrected chi connectivity index (χ1v) is 6.94. The maximum Gasteiger partial charge on any atom is 0.224 e. The Hall–Kier alpha value is -1.90. The van der Waals surface area contributed by atoms with Crippen LogP contribution in [0.25, 0.3) is 0 Å². The monoisotopic (exact) mass is 289 g/mol. The lowest BCUT2D eigenvalue weighted by Gasteiger charge is -2.21. The van der Waals surface area contributed by atoms with E-state index >= 15 is 0 Å². The summed E-state index contributed by atoms with van der Waals surface area (Å²) >= 11 is 0. The van der Waals surface area contributed by atoms with E-state index in [0.717, 1.165) is 6.54 Å². The predicted molar refractivity (Wildman–Crippen MR) is 79.5 cm³/mol. The van der Waals surface area contributed by atoms with E-state index in [2.05, 4.69) is 16.7 Å². The fourth-order valence-electron chi connectivity index (χ4n) is 2.54. The van der Waals surface area contributed by atoms with Gasteiger partial charge in [0.25, 0.3) is 0 Å². The highest BCUT2D eigenvalue weighted by molar-refractivity contribution is 5.81. The van der Waals surface area contributed by atoms with Crippen LogP contribution in [-0.2, 0) is 11.3 Å². The van der Waals surface area contributed by atoms with Crippen molar-refractivity contribution in [1.29, 1.82) is 0 Å². The zero-order valence-electron chi connectivity index (χ0n) is 12.2. The molecule has 0 aliphatic carbocycles. The average molecular weight is 289 g/mol. The van der Waals surface area contributed by atoms with Crippen molar-refractivity contribution in [3.63, 3.8) is 0 Å². The van der Waals surface area contributed by atoms with Gasteiger partial charge in [0.15, 0.2) is 0 Å². The molecule has 1 atom stereocenters. The van der Waals surface area contributed by atoms with E-state index in [4.69, 9.17) is 11.5 Å². The van der Waals surface area contributed by atoms with Crippen LogP contribution in [0, 0.1) is 23.1 Å². The smallest absolute Gasteiger partial charge is 0.224 e. The largest absolute Gasteiger partial charge is 0.369 e. The zero-order chi connectivity index (χ0) is 15.5. The summed E-state index contributed by atoms with van der Waals surface area (Å²) in [4.78, 5) is 13.5. The topological polar surface area (TPSA) is 72.4 Å². The Morgan fingerprint density at radius 3 is 2.86 bits per heavy atom. The lowest BCUT2D eigenvalue weighted by atomic mass is 9.89. The Kier molecular flexibility index (Phi) is 4.61. The Labute approximate surface area is 124 Å². The number of likely N-dealkylation sites (tertiary alicyclic amines) is 1. The number of amides is 1. The lowest BCUT2D eigenvalue weighted by molar-refractivity contribution is -0.126. The molecule has 1 heterocycles. The number of nitrogens with two attached hydrogens (primary N) is 2. The van der Waals surface area contributed by atoms with Gasteiger partial charge in [0.2, 0.25) is 5.91 Å². The fourth-order valence-corrected chi connectivity index (χ4v) is 2.54. The summed E-state index contributed by atoms with van der Waals surface area (Å²) in [6, 6.07) is 4.93. The van der Waals surface area contributed by atoms with Gasteiger partial charge in [-0.3, -0.25) is 9.69 Å². The molecule has 1 unspecified atom stereocenters. The van der Waals surface area contributed by atoms with Crippen LogP contribution in [0.5, 0.6) is 0 Å². The molecule has 1 aromatic carbocycles. The molecule has 4 nitrogen and oxygen atoms in total. The number of primary amides is 1. The molecule has 0 aromatic heterocycles. The third-order valence-corrected chi connectivity index (χ3v) is 3.93. The number of carbonyl (C=O) groups is 1. The number of nitrogens with zero attached hydrogens (tertiary/aromatic N) is 1. The molecule has 5 heteroatoms. The second kappa shape index (κ2) is 6.25. The summed E-state index contributed by atoms with van der Waals surface area (Å²) in [6.07, 6.45) is 0.712. The number of benzene rings is 1. The number of hydrogen-bond acceptors (Lipinski definition) is 3. The molecular weight excluding hydrogens is 269 g/mol. The third kappa shape index (κ3) is 3.60. The van der Waals surface area contributed by atoms with Gasteiger partial charge in [-0.15, -0.1) is 0 Å². The quantitative estimate of drug-likeness (QED) is 0.810. The molecule has 1 aliphatic rings.